The highest BCUT2D eigenvalue weighted by atomic mass is 16.6. The van der Waals surface area contributed by atoms with Crippen molar-refractivity contribution < 1.29 is 4.92 Å². The standard InChI is InChI=1S/C10H15N3O2/c1-2-3-4-5-8-6-12-7-9(11)10(8)13(14)15/h6-7H,2-5,11H2,1H3. The van der Waals surface area contributed by atoms with Crippen LogP contribution in [0.4, 0.5) is 11.4 Å². The Hall–Kier alpha value is -1.65. The Bertz CT molecular complexity index is 353. The molecule has 0 atom stereocenters. The zero-order chi connectivity index (χ0) is 11.3. The van der Waals surface area contributed by atoms with E-state index in [0.717, 1.165) is 19.3 Å². The Balaban J connectivity index is 2.86. The van der Waals surface area contributed by atoms with Gasteiger partial charge in [0, 0.05) is 6.20 Å². The summed E-state index contributed by atoms with van der Waals surface area (Å²) in [5.74, 6) is 0. The van der Waals surface area contributed by atoms with Crippen LogP contribution in [-0.4, -0.2) is 9.91 Å². The van der Waals surface area contributed by atoms with Gasteiger partial charge in [-0.05, 0) is 12.8 Å². The van der Waals surface area contributed by atoms with Crippen LogP contribution in [0.2, 0.25) is 0 Å². The van der Waals surface area contributed by atoms with Gasteiger partial charge in [-0.25, -0.2) is 0 Å². The Morgan fingerprint density at radius 3 is 2.80 bits per heavy atom. The van der Waals surface area contributed by atoms with Crippen molar-refractivity contribution in [3.05, 3.63) is 28.1 Å². The average molecular weight is 209 g/mol. The van der Waals surface area contributed by atoms with E-state index in [1.54, 1.807) is 0 Å². The summed E-state index contributed by atoms with van der Waals surface area (Å²) in [6.45, 7) is 2.09. The van der Waals surface area contributed by atoms with Crippen molar-refractivity contribution >= 4 is 11.4 Å². The van der Waals surface area contributed by atoms with Crippen molar-refractivity contribution in [3.63, 3.8) is 0 Å². The number of hydrogen-bond donors (Lipinski definition) is 1. The summed E-state index contributed by atoms with van der Waals surface area (Å²) in [5, 5.41) is 10.8. The van der Waals surface area contributed by atoms with Gasteiger partial charge in [-0.3, -0.25) is 15.1 Å². The van der Waals surface area contributed by atoms with Gasteiger partial charge in [0.25, 0.3) is 5.69 Å². The maximum absolute atomic E-state index is 10.8. The van der Waals surface area contributed by atoms with E-state index in [1.807, 2.05) is 0 Å². The summed E-state index contributed by atoms with van der Waals surface area (Å²) in [6.07, 6.45) is 6.60. The van der Waals surface area contributed by atoms with Gasteiger partial charge in [0.1, 0.15) is 5.69 Å². The van der Waals surface area contributed by atoms with Gasteiger partial charge in [-0.15, -0.1) is 0 Å². The second kappa shape index (κ2) is 5.29. The average Bonchev–Trinajstić information content (AvgIpc) is 2.17. The van der Waals surface area contributed by atoms with Crippen LogP contribution in [0.5, 0.6) is 0 Å². The third kappa shape index (κ3) is 2.90. The molecule has 0 amide bonds. The highest BCUT2D eigenvalue weighted by Crippen LogP contribution is 2.25. The Labute approximate surface area is 88.5 Å². The summed E-state index contributed by atoms with van der Waals surface area (Å²) in [4.78, 5) is 14.2. The summed E-state index contributed by atoms with van der Waals surface area (Å²) in [7, 11) is 0. The number of anilines is 1. The number of pyridine rings is 1. The lowest BCUT2D eigenvalue weighted by Crippen LogP contribution is -2.01. The van der Waals surface area contributed by atoms with Crippen LogP contribution in [0, 0.1) is 10.1 Å². The lowest BCUT2D eigenvalue weighted by atomic mass is 10.1. The number of aromatic nitrogens is 1. The molecule has 82 valence electrons. The Morgan fingerprint density at radius 2 is 2.20 bits per heavy atom. The molecule has 0 aliphatic heterocycles. The number of aryl methyl sites for hydroxylation is 1. The van der Waals surface area contributed by atoms with Gasteiger partial charge in [0.2, 0.25) is 0 Å². The van der Waals surface area contributed by atoms with Gasteiger partial charge in [0.05, 0.1) is 16.7 Å². The van der Waals surface area contributed by atoms with Crippen LogP contribution in [0.3, 0.4) is 0 Å². The number of nitrogen functional groups attached to an aromatic ring is 1. The second-order valence-electron chi connectivity index (χ2n) is 3.45. The number of nitrogens with zero attached hydrogens (tertiary/aromatic N) is 2. The summed E-state index contributed by atoms with van der Waals surface area (Å²) in [5.41, 5.74) is 6.32. The van der Waals surface area contributed by atoms with E-state index in [-0.39, 0.29) is 11.4 Å². The van der Waals surface area contributed by atoms with Gasteiger partial charge in [-0.2, -0.15) is 0 Å². The van der Waals surface area contributed by atoms with E-state index < -0.39 is 4.92 Å². The number of nitro groups is 1. The van der Waals surface area contributed by atoms with Gasteiger partial charge in [0.15, 0.2) is 0 Å². The van der Waals surface area contributed by atoms with Crippen LogP contribution in [0.25, 0.3) is 0 Å². The number of nitrogens with two attached hydrogens (primary N) is 1. The molecule has 5 nitrogen and oxygen atoms in total. The Kier molecular flexibility index (Phi) is 4.03. The van der Waals surface area contributed by atoms with Gasteiger partial charge in [-0.1, -0.05) is 19.8 Å². The van der Waals surface area contributed by atoms with Crippen molar-refractivity contribution in [2.75, 3.05) is 5.73 Å². The molecule has 5 heteroatoms. The van der Waals surface area contributed by atoms with Crippen molar-refractivity contribution in [3.8, 4) is 0 Å². The highest BCUT2D eigenvalue weighted by Gasteiger charge is 2.17. The van der Waals surface area contributed by atoms with Crippen molar-refractivity contribution in [1.82, 2.24) is 4.98 Å². The highest BCUT2D eigenvalue weighted by molar-refractivity contribution is 5.60. The molecule has 2 N–H and O–H groups in total. The first-order valence-electron chi connectivity index (χ1n) is 5.03. The van der Waals surface area contributed by atoms with E-state index in [0.29, 0.717) is 12.0 Å². The van der Waals surface area contributed by atoms with E-state index in [9.17, 15) is 10.1 Å². The molecule has 0 fully saturated rings. The smallest absolute Gasteiger partial charge is 0.298 e. The van der Waals surface area contributed by atoms with Crippen molar-refractivity contribution in [2.45, 2.75) is 32.6 Å². The third-order valence-corrected chi connectivity index (χ3v) is 2.25. The molecular formula is C10H15N3O2. The molecule has 1 aromatic heterocycles. The first-order chi connectivity index (χ1) is 7.16. The minimum atomic E-state index is -0.432. The first kappa shape index (κ1) is 11.4. The molecule has 15 heavy (non-hydrogen) atoms. The van der Waals surface area contributed by atoms with Crippen LogP contribution >= 0.6 is 0 Å². The fourth-order valence-electron chi connectivity index (χ4n) is 1.49. The minimum Gasteiger partial charge on any atom is -0.392 e. The summed E-state index contributed by atoms with van der Waals surface area (Å²) < 4.78 is 0. The van der Waals surface area contributed by atoms with Gasteiger partial charge >= 0.3 is 0 Å². The van der Waals surface area contributed by atoms with Crippen molar-refractivity contribution in [2.24, 2.45) is 0 Å². The maximum atomic E-state index is 10.8. The first-order valence-corrected chi connectivity index (χ1v) is 5.03. The van der Waals surface area contributed by atoms with E-state index in [1.165, 1.54) is 12.4 Å². The maximum Gasteiger partial charge on any atom is 0.298 e. The van der Waals surface area contributed by atoms with Crippen LogP contribution in [-0.2, 0) is 6.42 Å². The molecule has 1 heterocycles. The molecule has 0 radical (unpaired) electrons. The molecular weight excluding hydrogens is 194 g/mol. The fourth-order valence-corrected chi connectivity index (χ4v) is 1.49. The monoisotopic (exact) mass is 209 g/mol. The topological polar surface area (TPSA) is 82.0 Å². The lowest BCUT2D eigenvalue weighted by Gasteiger charge is -2.03. The van der Waals surface area contributed by atoms with Crippen LogP contribution in [0.15, 0.2) is 12.4 Å². The normalized spacial score (nSPS) is 10.2. The fraction of sp³-hybridized carbons (Fsp3) is 0.500. The molecule has 0 aliphatic rings. The van der Waals surface area contributed by atoms with Gasteiger partial charge < -0.3 is 5.73 Å². The minimum absolute atomic E-state index is 0.0149. The Morgan fingerprint density at radius 1 is 1.47 bits per heavy atom. The largest absolute Gasteiger partial charge is 0.392 e. The quantitative estimate of drug-likeness (QED) is 0.458. The molecule has 0 aromatic carbocycles. The zero-order valence-electron chi connectivity index (χ0n) is 8.77. The van der Waals surface area contributed by atoms with Crippen molar-refractivity contribution in [1.29, 1.82) is 0 Å². The van der Waals surface area contributed by atoms with E-state index >= 15 is 0 Å². The summed E-state index contributed by atoms with van der Waals surface area (Å²) >= 11 is 0. The predicted molar refractivity (Wildman–Crippen MR) is 58.5 cm³/mol. The lowest BCUT2D eigenvalue weighted by molar-refractivity contribution is -0.384. The zero-order valence-corrected chi connectivity index (χ0v) is 8.77. The second-order valence-corrected chi connectivity index (χ2v) is 3.45. The molecule has 0 unspecified atom stereocenters. The number of hydrogen-bond acceptors (Lipinski definition) is 4. The molecule has 1 rings (SSSR count). The SMILES string of the molecule is CCCCCc1cncc(N)c1[N+](=O)[O-]. The third-order valence-electron chi connectivity index (χ3n) is 2.25. The van der Waals surface area contributed by atoms with Crippen LogP contribution < -0.4 is 5.73 Å². The summed E-state index contributed by atoms with van der Waals surface area (Å²) in [6, 6.07) is 0. The molecule has 0 aliphatic carbocycles. The van der Waals surface area contributed by atoms with Crippen LogP contribution in [0.1, 0.15) is 31.7 Å². The molecule has 1 aromatic rings. The molecule has 0 bridgehead atoms. The number of rotatable bonds is 5. The molecule has 0 saturated carbocycles. The molecule has 0 spiro atoms. The van der Waals surface area contributed by atoms with E-state index in [4.69, 9.17) is 5.73 Å². The van der Waals surface area contributed by atoms with E-state index in [2.05, 4.69) is 11.9 Å². The molecule has 0 saturated heterocycles. The number of unbranched alkanes of at least 4 members (excludes halogenated alkanes) is 2. The predicted octanol–water partition coefficient (Wildman–Crippen LogP) is 2.30.